The second-order valence-corrected chi connectivity index (χ2v) is 9.23. The number of fused-ring (bicyclic) bond motifs is 2. The van der Waals surface area contributed by atoms with Crippen molar-refractivity contribution in [1.82, 2.24) is 36.0 Å². The maximum Gasteiger partial charge on any atom is 0.272 e. The third-order valence-corrected chi connectivity index (χ3v) is 6.92. The van der Waals surface area contributed by atoms with Crippen molar-refractivity contribution < 1.29 is 9.53 Å². The van der Waals surface area contributed by atoms with E-state index in [2.05, 4.69) is 41.7 Å². The summed E-state index contributed by atoms with van der Waals surface area (Å²) < 4.78 is 5.54. The number of benzene rings is 1. The quantitative estimate of drug-likeness (QED) is 0.279. The topological polar surface area (TPSA) is 142 Å². The molecule has 1 aromatic carbocycles. The average Bonchev–Trinajstić information content (AvgIpc) is 3.55. The predicted molar refractivity (Wildman–Crippen MR) is 136 cm³/mol. The second-order valence-electron chi connectivity index (χ2n) is 9.23. The first-order chi connectivity index (χ1) is 17.7. The van der Waals surface area contributed by atoms with Crippen molar-refractivity contribution in [2.24, 2.45) is 5.92 Å². The number of H-pyrrole nitrogens is 1. The van der Waals surface area contributed by atoms with Crippen molar-refractivity contribution in [2.45, 2.75) is 31.3 Å². The van der Waals surface area contributed by atoms with Crippen LogP contribution in [0.5, 0.6) is 5.75 Å². The number of aromatic nitrogens is 5. The summed E-state index contributed by atoms with van der Waals surface area (Å²) in [4.78, 5) is 25.2. The Morgan fingerprint density at radius 1 is 1.14 bits per heavy atom. The molecule has 1 saturated carbocycles. The zero-order chi connectivity index (χ0) is 24.5. The standard InChI is InChI=1S/C25H27N9O2/c1-36-22-13-26-23(33-24(22)30-17-4-5-19-16(8-17)11-29-34-19)15-3-2-14-9-21(32-20(14)10-15)25(35)31-18-6-7-27-28-12-18/h2-3,6-7,9-10,12-13,16-17,19,29,32,34H,4-5,8,11H2,1H3,(H,26,30,33)(H,27,31,35). The largest absolute Gasteiger partial charge is 0.491 e. The Labute approximate surface area is 207 Å². The Balaban J connectivity index is 1.23. The zero-order valence-electron chi connectivity index (χ0n) is 19.8. The number of anilines is 2. The molecule has 0 bridgehead atoms. The smallest absolute Gasteiger partial charge is 0.272 e. The molecule has 3 unspecified atom stereocenters. The predicted octanol–water partition coefficient (Wildman–Crippen LogP) is 2.73. The molecule has 0 radical (unpaired) electrons. The number of aromatic amines is 1. The highest BCUT2D eigenvalue weighted by Crippen LogP contribution is 2.32. The van der Waals surface area contributed by atoms with Crippen LogP contribution in [0.1, 0.15) is 29.8 Å². The van der Waals surface area contributed by atoms with Crippen LogP contribution >= 0.6 is 0 Å². The monoisotopic (exact) mass is 485 g/mol. The molecule has 36 heavy (non-hydrogen) atoms. The van der Waals surface area contributed by atoms with Crippen molar-refractivity contribution in [3.05, 3.63) is 54.6 Å². The minimum absolute atomic E-state index is 0.254. The highest BCUT2D eigenvalue weighted by Gasteiger charge is 2.34. The van der Waals surface area contributed by atoms with Gasteiger partial charge >= 0.3 is 0 Å². The molecule has 6 rings (SSSR count). The molecule has 0 spiro atoms. The number of nitrogens with one attached hydrogen (secondary N) is 5. The fourth-order valence-electron chi connectivity index (χ4n) is 5.04. The van der Waals surface area contributed by atoms with E-state index < -0.39 is 0 Å². The number of rotatable bonds is 6. The summed E-state index contributed by atoms with van der Waals surface area (Å²) in [5.41, 5.74) is 9.33. The van der Waals surface area contributed by atoms with Crippen molar-refractivity contribution in [3.8, 4) is 17.1 Å². The minimum Gasteiger partial charge on any atom is -0.491 e. The number of hydrogen-bond acceptors (Lipinski definition) is 9. The van der Waals surface area contributed by atoms with Crippen LogP contribution in [0, 0.1) is 5.92 Å². The molecule has 11 nitrogen and oxygen atoms in total. The van der Waals surface area contributed by atoms with Crippen molar-refractivity contribution in [3.63, 3.8) is 0 Å². The number of ether oxygens (including phenoxy) is 1. The normalized spacial score (nSPS) is 21.2. The van der Waals surface area contributed by atoms with Gasteiger partial charge in [-0.3, -0.25) is 15.6 Å². The summed E-state index contributed by atoms with van der Waals surface area (Å²) in [5, 5.41) is 14.8. The third-order valence-electron chi connectivity index (χ3n) is 6.92. The molecular weight excluding hydrogens is 458 g/mol. The lowest BCUT2D eigenvalue weighted by Gasteiger charge is -2.31. The van der Waals surface area contributed by atoms with E-state index in [9.17, 15) is 4.79 Å². The second kappa shape index (κ2) is 9.51. The van der Waals surface area contributed by atoms with Gasteiger partial charge in [0.2, 0.25) is 0 Å². The number of amides is 1. The van der Waals surface area contributed by atoms with Gasteiger partial charge in [0.25, 0.3) is 5.91 Å². The molecular formula is C25H27N9O2. The lowest BCUT2D eigenvalue weighted by Crippen LogP contribution is -2.39. The van der Waals surface area contributed by atoms with Crippen molar-refractivity contribution in [1.29, 1.82) is 0 Å². The van der Waals surface area contributed by atoms with E-state index in [1.54, 1.807) is 19.4 Å². The summed E-state index contributed by atoms with van der Waals surface area (Å²) in [6.07, 6.45) is 7.98. The SMILES string of the molecule is COc1cnc(-c2ccc3cc(C(=O)Nc4ccnnc4)[nH]c3c2)nc1NC1CCC2NNCC2C1. The Hall–Kier alpha value is -4.09. The summed E-state index contributed by atoms with van der Waals surface area (Å²) in [7, 11) is 1.63. The highest BCUT2D eigenvalue weighted by molar-refractivity contribution is 6.06. The number of carbonyl (C=O) groups is 1. The van der Waals surface area contributed by atoms with Gasteiger partial charge in [0, 0.05) is 35.1 Å². The Morgan fingerprint density at radius 2 is 2.08 bits per heavy atom. The Morgan fingerprint density at radius 3 is 2.94 bits per heavy atom. The Bertz CT molecular complexity index is 1390. The van der Waals surface area contributed by atoms with Crippen LogP contribution in [-0.4, -0.2) is 56.8 Å². The number of methoxy groups -OCH3 is 1. The summed E-state index contributed by atoms with van der Waals surface area (Å²) >= 11 is 0. The fraction of sp³-hybridized carbons (Fsp3) is 0.320. The molecule has 184 valence electrons. The molecule has 5 N–H and O–H groups in total. The van der Waals surface area contributed by atoms with Gasteiger partial charge in [-0.05, 0) is 43.4 Å². The first kappa shape index (κ1) is 22.4. The number of hydrazine groups is 1. The molecule has 1 saturated heterocycles. The van der Waals surface area contributed by atoms with E-state index in [1.165, 1.54) is 12.4 Å². The molecule has 4 heterocycles. The molecule has 11 heteroatoms. The zero-order valence-corrected chi connectivity index (χ0v) is 19.8. The molecule has 3 atom stereocenters. The number of hydrogen-bond donors (Lipinski definition) is 5. The molecule has 3 aromatic heterocycles. The van der Waals surface area contributed by atoms with E-state index in [1.807, 2.05) is 24.3 Å². The van der Waals surface area contributed by atoms with Crippen LogP contribution in [0.4, 0.5) is 11.5 Å². The van der Waals surface area contributed by atoms with Gasteiger partial charge in [0.1, 0.15) is 5.69 Å². The van der Waals surface area contributed by atoms with Crippen LogP contribution in [0.3, 0.4) is 0 Å². The van der Waals surface area contributed by atoms with Crippen LogP contribution < -0.4 is 26.2 Å². The van der Waals surface area contributed by atoms with Crippen molar-refractivity contribution >= 4 is 28.3 Å². The Kier molecular flexibility index (Phi) is 5.91. The first-order valence-corrected chi connectivity index (χ1v) is 12.0. The van der Waals surface area contributed by atoms with Crippen LogP contribution in [0.2, 0.25) is 0 Å². The molecule has 4 aromatic rings. The van der Waals surface area contributed by atoms with Gasteiger partial charge in [-0.2, -0.15) is 10.2 Å². The lowest BCUT2D eigenvalue weighted by molar-refractivity contribution is 0.102. The van der Waals surface area contributed by atoms with Gasteiger partial charge in [-0.1, -0.05) is 12.1 Å². The van der Waals surface area contributed by atoms with E-state index >= 15 is 0 Å². The maximum absolute atomic E-state index is 12.7. The van der Waals surface area contributed by atoms with E-state index in [0.717, 1.165) is 42.3 Å². The van der Waals surface area contributed by atoms with Crippen LogP contribution in [0.25, 0.3) is 22.3 Å². The van der Waals surface area contributed by atoms with E-state index in [0.29, 0.717) is 46.8 Å². The van der Waals surface area contributed by atoms with Gasteiger partial charge in [0.15, 0.2) is 17.4 Å². The van der Waals surface area contributed by atoms with Gasteiger partial charge in [-0.25, -0.2) is 9.97 Å². The number of nitrogens with zero attached hydrogens (tertiary/aromatic N) is 4. The van der Waals surface area contributed by atoms with E-state index in [4.69, 9.17) is 9.72 Å². The van der Waals surface area contributed by atoms with Gasteiger partial charge < -0.3 is 20.4 Å². The maximum atomic E-state index is 12.7. The van der Waals surface area contributed by atoms with E-state index in [-0.39, 0.29) is 5.91 Å². The molecule has 1 amide bonds. The average molecular weight is 486 g/mol. The van der Waals surface area contributed by atoms with Crippen LogP contribution in [-0.2, 0) is 0 Å². The van der Waals surface area contributed by atoms with Gasteiger partial charge in [-0.15, -0.1) is 0 Å². The summed E-state index contributed by atoms with van der Waals surface area (Å²) in [6, 6.07) is 10.2. The molecule has 2 aliphatic rings. The van der Waals surface area contributed by atoms with Gasteiger partial charge in [0.05, 0.1) is 31.4 Å². The number of carbonyl (C=O) groups excluding carboxylic acids is 1. The molecule has 1 aliphatic carbocycles. The first-order valence-electron chi connectivity index (χ1n) is 12.0. The highest BCUT2D eigenvalue weighted by atomic mass is 16.5. The lowest BCUT2D eigenvalue weighted by atomic mass is 9.83. The third kappa shape index (κ3) is 4.45. The molecule has 2 fully saturated rings. The minimum atomic E-state index is -0.254. The summed E-state index contributed by atoms with van der Waals surface area (Å²) in [5.74, 6) is 2.26. The van der Waals surface area contributed by atoms with Crippen molar-refractivity contribution in [2.75, 3.05) is 24.3 Å². The fourth-order valence-corrected chi connectivity index (χ4v) is 5.04. The molecule has 1 aliphatic heterocycles. The van der Waals surface area contributed by atoms with Crippen LogP contribution in [0.15, 0.2) is 48.9 Å². The summed E-state index contributed by atoms with van der Waals surface area (Å²) in [6.45, 7) is 0.991.